The Morgan fingerprint density at radius 1 is 1.28 bits per heavy atom. The van der Waals surface area contributed by atoms with E-state index in [0.717, 1.165) is 12.4 Å². The van der Waals surface area contributed by atoms with Crippen LogP contribution < -0.4 is 11.1 Å². The summed E-state index contributed by atoms with van der Waals surface area (Å²) in [7, 11) is 0. The molecule has 3 aromatic rings. The molecule has 0 radical (unpaired) electrons. The van der Waals surface area contributed by atoms with Crippen molar-refractivity contribution in [3.05, 3.63) is 76.9 Å². The molecule has 4 N–H and O–H groups in total. The minimum atomic E-state index is -2.85. The van der Waals surface area contributed by atoms with E-state index < -0.39 is 18.3 Å². The minimum Gasteiger partial charge on any atom is -0.398 e. The highest BCUT2D eigenvalue weighted by Gasteiger charge is 2.17. The van der Waals surface area contributed by atoms with E-state index in [1.807, 2.05) is 0 Å². The Kier molecular flexibility index (Phi) is 5.32. The fourth-order valence-corrected chi connectivity index (χ4v) is 2.57. The molecule has 0 atom stereocenters. The van der Waals surface area contributed by atoms with Gasteiger partial charge in [0.15, 0.2) is 5.82 Å². The SMILES string of the molecule is N#Cc1cccc(C(=O)Nc2ccc(N)c(C(=N)c3cnn(C(F)F)c3)c2)c1F. The number of alkyl halides is 2. The lowest BCUT2D eigenvalue weighted by molar-refractivity contribution is 0.0566. The third-order valence-electron chi connectivity index (χ3n) is 4.03. The smallest absolute Gasteiger partial charge is 0.333 e. The summed E-state index contributed by atoms with van der Waals surface area (Å²) in [6.07, 6.45) is 2.10. The van der Waals surface area contributed by atoms with Gasteiger partial charge < -0.3 is 11.1 Å². The van der Waals surface area contributed by atoms with Crippen LogP contribution in [0.2, 0.25) is 0 Å². The first kappa shape index (κ1) is 19.6. The molecule has 0 fully saturated rings. The first-order valence-corrected chi connectivity index (χ1v) is 8.13. The molecule has 1 aromatic heterocycles. The van der Waals surface area contributed by atoms with Gasteiger partial charge in [0.2, 0.25) is 0 Å². The number of carbonyl (C=O) groups excluding carboxylic acids is 1. The van der Waals surface area contributed by atoms with E-state index in [0.29, 0.717) is 4.68 Å². The molecule has 0 bridgehead atoms. The molecule has 0 unspecified atom stereocenters. The molecule has 3 rings (SSSR count). The maximum absolute atomic E-state index is 14.2. The Balaban J connectivity index is 1.88. The maximum atomic E-state index is 14.2. The Hall–Kier alpha value is -4.13. The van der Waals surface area contributed by atoms with Gasteiger partial charge in [-0.2, -0.15) is 19.1 Å². The predicted molar refractivity (Wildman–Crippen MR) is 99.3 cm³/mol. The molecule has 0 aliphatic carbocycles. The second kappa shape index (κ2) is 7.85. The van der Waals surface area contributed by atoms with Crippen LogP contribution in [0.15, 0.2) is 48.8 Å². The van der Waals surface area contributed by atoms with Gasteiger partial charge in [-0.15, -0.1) is 0 Å². The molecule has 1 amide bonds. The quantitative estimate of drug-likeness (QED) is 0.450. The van der Waals surface area contributed by atoms with Crippen molar-refractivity contribution in [1.82, 2.24) is 9.78 Å². The Labute approximate surface area is 162 Å². The average molecular weight is 398 g/mol. The van der Waals surface area contributed by atoms with Crippen LogP contribution in [-0.2, 0) is 0 Å². The minimum absolute atomic E-state index is 0.105. The number of aromatic nitrogens is 2. The van der Waals surface area contributed by atoms with Crippen LogP contribution in [0.3, 0.4) is 0 Å². The number of anilines is 2. The lowest BCUT2D eigenvalue weighted by Gasteiger charge is -2.11. The molecular weight excluding hydrogens is 385 g/mol. The van der Waals surface area contributed by atoms with E-state index in [-0.39, 0.29) is 39.3 Å². The molecule has 146 valence electrons. The number of amides is 1. The van der Waals surface area contributed by atoms with Gasteiger partial charge in [-0.1, -0.05) is 6.07 Å². The van der Waals surface area contributed by atoms with Gasteiger partial charge in [0, 0.05) is 28.7 Å². The van der Waals surface area contributed by atoms with Crippen LogP contribution in [0.25, 0.3) is 0 Å². The normalized spacial score (nSPS) is 10.6. The Morgan fingerprint density at radius 2 is 2.03 bits per heavy atom. The second-order valence-corrected chi connectivity index (χ2v) is 5.90. The summed E-state index contributed by atoms with van der Waals surface area (Å²) in [5.41, 5.74) is 5.75. The number of nitrogens with two attached hydrogens (primary N) is 1. The summed E-state index contributed by atoms with van der Waals surface area (Å²) in [4.78, 5) is 12.4. The molecule has 7 nitrogen and oxygen atoms in total. The van der Waals surface area contributed by atoms with Crippen LogP contribution in [0.4, 0.5) is 24.5 Å². The van der Waals surface area contributed by atoms with Crippen LogP contribution in [0.1, 0.15) is 33.6 Å². The van der Waals surface area contributed by atoms with Gasteiger partial charge in [0.1, 0.15) is 6.07 Å². The number of carbonyl (C=O) groups is 1. The van der Waals surface area contributed by atoms with Crippen LogP contribution >= 0.6 is 0 Å². The first-order chi connectivity index (χ1) is 13.8. The number of benzene rings is 2. The van der Waals surface area contributed by atoms with Crippen LogP contribution in [0, 0.1) is 22.6 Å². The summed E-state index contributed by atoms with van der Waals surface area (Å²) >= 11 is 0. The van der Waals surface area contributed by atoms with Crippen molar-refractivity contribution >= 4 is 23.0 Å². The van der Waals surface area contributed by atoms with Crippen LogP contribution in [-0.4, -0.2) is 21.4 Å². The van der Waals surface area contributed by atoms with Crippen molar-refractivity contribution in [3.63, 3.8) is 0 Å². The van der Waals surface area contributed by atoms with Gasteiger partial charge in [-0.25, -0.2) is 9.07 Å². The van der Waals surface area contributed by atoms with Crippen molar-refractivity contribution < 1.29 is 18.0 Å². The van der Waals surface area contributed by atoms with E-state index in [9.17, 15) is 18.0 Å². The van der Waals surface area contributed by atoms with Gasteiger partial charge in [-0.05, 0) is 30.3 Å². The third-order valence-corrected chi connectivity index (χ3v) is 4.03. The molecule has 10 heteroatoms. The average Bonchev–Trinajstić information content (AvgIpc) is 3.19. The molecule has 0 spiro atoms. The number of rotatable bonds is 5. The Morgan fingerprint density at radius 3 is 2.69 bits per heavy atom. The van der Waals surface area contributed by atoms with E-state index in [2.05, 4.69) is 10.4 Å². The predicted octanol–water partition coefficient (Wildman–Crippen LogP) is 3.54. The number of hydrogen-bond donors (Lipinski definition) is 3. The van der Waals surface area contributed by atoms with Crippen molar-refractivity contribution in [3.8, 4) is 6.07 Å². The van der Waals surface area contributed by atoms with Crippen molar-refractivity contribution in [2.45, 2.75) is 6.55 Å². The van der Waals surface area contributed by atoms with E-state index >= 15 is 0 Å². The molecule has 0 saturated heterocycles. The summed E-state index contributed by atoms with van der Waals surface area (Å²) in [6, 6.07) is 9.72. The van der Waals surface area contributed by atoms with Gasteiger partial charge >= 0.3 is 6.55 Å². The lowest BCUT2D eigenvalue weighted by Crippen LogP contribution is -2.15. The van der Waals surface area contributed by atoms with E-state index in [1.54, 1.807) is 6.07 Å². The molecule has 29 heavy (non-hydrogen) atoms. The number of nitrogen functional groups attached to an aromatic ring is 1. The summed E-state index contributed by atoms with van der Waals surface area (Å²) in [6.45, 7) is -2.85. The zero-order chi connectivity index (χ0) is 21.1. The summed E-state index contributed by atoms with van der Waals surface area (Å²) in [5.74, 6) is -1.75. The second-order valence-electron chi connectivity index (χ2n) is 5.90. The largest absolute Gasteiger partial charge is 0.398 e. The number of nitrogens with zero attached hydrogens (tertiary/aromatic N) is 3. The summed E-state index contributed by atoms with van der Waals surface area (Å²) in [5, 5.41) is 23.0. The van der Waals surface area contributed by atoms with Crippen LogP contribution in [0.5, 0.6) is 0 Å². The molecule has 2 aromatic carbocycles. The fourth-order valence-electron chi connectivity index (χ4n) is 2.57. The van der Waals surface area contributed by atoms with Crippen molar-refractivity contribution in [2.24, 2.45) is 0 Å². The Bertz CT molecular complexity index is 1150. The maximum Gasteiger partial charge on any atom is 0.333 e. The van der Waals surface area contributed by atoms with Crippen molar-refractivity contribution in [2.75, 3.05) is 11.1 Å². The standard InChI is InChI=1S/C19H13F3N6O/c20-16-10(7-23)2-1-3-13(16)18(29)27-12-4-5-15(24)14(6-12)17(25)11-8-26-28(9-11)19(21)22/h1-6,8-9,19,25H,24H2,(H,27,29). The van der Waals surface area contributed by atoms with E-state index in [4.69, 9.17) is 16.4 Å². The molecule has 0 aliphatic rings. The number of nitriles is 1. The number of hydrogen-bond acceptors (Lipinski definition) is 5. The highest BCUT2D eigenvalue weighted by Crippen LogP contribution is 2.23. The number of nitrogens with one attached hydrogen (secondary N) is 2. The highest BCUT2D eigenvalue weighted by molar-refractivity contribution is 6.14. The third kappa shape index (κ3) is 3.93. The first-order valence-electron chi connectivity index (χ1n) is 8.13. The fraction of sp³-hybridized carbons (Fsp3) is 0.0526. The molecule has 0 saturated carbocycles. The summed E-state index contributed by atoms with van der Waals surface area (Å²) < 4.78 is 40.0. The topological polar surface area (TPSA) is 121 Å². The molecule has 1 heterocycles. The lowest BCUT2D eigenvalue weighted by atomic mass is 10.0. The highest BCUT2D eigenvalue weighted by atomic mass is 19.3. The van der Waals surface area contributed by atoms with Gasteiger partial charge in [0.25, 0.3) is 5.91 Å². The van der Waals surface area contributed by atoms with Gasteiger partial charge in [-0.3, -0.25) is 10.2 Å². The monoisotopic (exact) mass is 398 g/mol. The number of halogens is 3. The molecule has 0 aliphatic heterocycles. The van der Waals surface area contributed by atoms with Crippen molar-refractivity contribution in [1.29, 1.82) is 10.7 Å². The zero-order valence-corrected chi connectivity index (χ0v) is 14.7. The molecular formula is C19H13F3N6O. The van der Waals surface area contributed by atoms with Gasteiger partial charge in [0.05, 0.1) is 23.0 Å². The zero-order valence-electron chi connectivity index (χ0n) is 14.7. The van der Waals surface area contributed by atoms with E-state index in [1.165, 1.54) is 36.4 Å².